The van der Waals surface area contributed by atoms with Gasteiger partial charge >= 0.3 is 0 Å². The van der Waals surface area contributed by atoms with Crippen molar-refractivity contribution in [2.24, 2.45) is 0 Å². The van der Waals surface area contributed by atoms with Crippen LogP contribution >= 0.6 is 11.3 Å². The predicted molar refractivity (Wildman–Crippen MR) is 273 cm³/mol. The monoisotopic (exact) mass is 819 g/mol. The van der Waals surface area contributed by atoms with Crippen molar-refractivity contribution in [1.82, 2.24) is 0 Å². The van der Waals surface area contributed by atoms with Crippen LogP contribution in [0, 0.1) is 6.92 Å². The molecule has 0 N–H and O–H groups in total. The fourth-order valence-corrected chi connectivity index (χ4v) is 11.7. The van der Waals surface area contributed by atoms with Gasteiger partial charge in [-0.2, -0.15) is 0 Å². The van der Waals surface area contributed by atoms with E-state index >= 15 is 0 Å². The van der Waals surface area contributed by atoms with Crippen molar-refractivity contribution in [2.75, 3.05) is 4.90 Å². The molecule has 0 spiro atoms. The summed E-state index contributed by atoms with van der Waals surface area (Å²) in [5, 5.41) is 12.4. The van der Waals surface area contributed by atoms with Gasteiger partial charge < -0.3 is 9.32 Å². The Labute approximate surface area is 369 Å². The molecule has 13 aromatic rings. The molecule has 0 aliphatic rings. The van der Waals surface area contributed by atoms with Crippen molar-refractivity contribution in [2.45, 2.75) is 6.92 Å². The first-order chi connectivity index (χ1) is 31.2. The Morgan fingerprint density at radius 3 is 1.94 bits per heavy atom. The van der Waals surface area contributed by atoms with Gasteiger partial charge in [-0.15, -0.1) is 11.3 Å². The molecule has 2 heterocycles. The van der Waals surface area contributed by atoms with E-state index in [0.29, 0.717) is 0 Å². The van der Waals surface area contributed by atoms with Gasteiger partial charge in [-0.1, -0.05) is 198 Å². The van der Waals surface area contributed by atoms with E-state index in [1.54, 1.807) is 0 Å². The molecule has 63 heavy (non-hydrogen) atoms. The van der Waals surface area contributed by atoms with Crippen molar-refractivity contribution >= 4 is 126 Å². The van der Waals surface area contributed by atoms with E-state index in [0.717, 1.165) is 33.3 Å². The van der Waals surface area contributed by atoms with Gasteiger partial charge in [0.25, 0.3) is 0 Å². The molecular weight excluding hydrogens is 782 g/mol. The molecule has 0 amide bonds. The van der Waals surface area contributed by atoms with Crippen LogP contribution in [0.3, 0.4) is 0 Å². The maximum atomic E-state index is 6.79. The van der Waals surface area contributed by atoms with Gasteiger partial charge in [0.15, 0.2) is 0 Å². The minimum absolute atomic E-state index is 0.0701. The average molecular weight is 820 g/mol. The Bertz CT molecular complexity index is 3900. The van der Waals surface area contributed by atoms with Gasteiger partial charge in [0, 0.05) is 37.2 Å². The van der Waals surface area contributed by atoms with Crippen LogP contribution in [-0.2, 0) is 0 Å². The average Bonchev–Trinajstić information content (AvgIpc) is 3.92. The first kappa shape index (κ1) is 36.0. The molecule has 0 fully saturated rings. The molecule has 13 rings (SSSR count). The molecule has 0 radical (unpaired) electrons. The molecule has 2 aromatic heterocycles. The number of fused-ring (bicyclic) bond motifs is 6. The van der Waals surface area contributed by atoms with Gasteiger partial charge in [-0.25, -0.2) is 0 Å². The van der Waals surface area contributed by atoms with Crippen LogP contribution in [0.2, 0.25) is 0 Å². The molecule has 0 aliphatic heterocycles. The van der Waals surface area contributed by atoms with Crippen LogP contribution in [0.1, 0.15) is 5.56 Å². The zero-order valence-electron chi connectivity index (χ0n) is 34.5. The highest BCUT2D eigenvalue weighted by Gasteiger charge is 2.30. The summed E-state index contributed by atoms with van der Waals surface area (Å²) >= 11 is 1.88. The van der Waals surface area contributed by atoms with Crippen LogP contribution < -0.4 is 21.3 Å². The second kappa shape index (κ2) is 14.2. The maximum Gasteiger partial charge on any atom is 0.247 e. The summed E-state index contributed by atoms with van der Waals surface area (Å²) in [6.07, 6.45) is 0. The minimum atomic E-state index is -0.0701. The smallest absolute Gasteiger partial charge is 0.247 e. The largest absolute Gasteiger partial charge is 0.457 e. The lowest BCUT2D eigenvalue weighted by Gasteiger charge is -2.30. The van der Waals surface area contributed by atoms with E-state index in [-0.39, 0.29) is 6.71 Å². The Hall–Kier alpha value is -7.66. The summed E-state index contributed by atoms with van der Waals surface area (Å²) in [5.41, 5.74) is 12.7. The molecule has 2 nitrogen and oxygen atoms in total. The maximum absolute atomic E-state index is 6.79. The van der Waals surface area contributed by atoms with Crippen LogP contribution in [0.5, 0.6) is 0 Å². The van der Waals surface area contributed by atoms with E-state index in [1.165, 1.54) is 91.3 Å². The second-order valence-electron chi connectivity index (χ2n) is 16.7. The van der Waals surface area contributed by atoms with E-state index in [9.17, 15) is 0 Å². The number of thiophene rings is 1. The summed E-state index contributed by atoms with van der Waals surface area (Å²) in [6, 6.07) is 78.0. The quantitative estimate of drug-likeness (QED) is 0.118. The van der Waals surface area contributed by atoms with Crippen molar-refractivity contribution in [3.05, 3.63) is 218 Å². The fourth-order valence-electron chi connectivity index (χ4n) is 10.5. The van der Waals surface area contributed by atoms with Crippen LogP contribution in [0.25, 0.3) is 85.6 Å². The lowest BCUT2D eigenvalue weighted by molar-refractivity contribution is 0.671. The molecule has 294 valence electrons. The molecule has 0 saturated carbocycles. The highest BCUT2D eigenvalue weighted by Crippen LogP contribution is 2.50. The van der Waals surface area contributed by atoms with Crippen molar-refractivity contribution in [3.8, 4) is 11.1 Å². The lowest BCUT2D eigenvalue weighted by Crippen LogP contribution is -2.53. The first-order valence-electron chi connectivity index (χ1n) is 21.7. The van der Waals surface area contributed by atoms with E-state index in [4.69, 9.17) is 4.42 Å². The molecule has 0 unspecified atom stereocenters. The number of para-hydroxylation sites is 3. The Balaban J connectivity index is 1.10. The van der Waals surface area contributed by atoms with E-state index in [2.05, 4.69) is 224 Å². The fraction of sp³-hybridized carbons (Fsp3) is 0.0169. The van der Waals surface area contributed by atoms with Gasteiger partial charge in [0.05, 0.1) is 21.8 Å². The molecule has 11 aromatic carbocycles. The number of rotatable bonds is 7. The zero-order chi connectivity index (χ0) is 41.6. The van der Waals surface area contributed by atoms with Crippen molar-refractivity contribution < 1.29 is 4.42 Å². The molecule has 0 aliphatic carbocycles. The van der Waals surface area contributed by atoms with Gasteiger partial charge in [0.2, 0.25) is 6.71 Å². The van der Waals surface area contributed by atoms with Crippen LogP contribution in [0.4, 0.5) is 17.1 Å². The van der Waals surface area contributed by atoms with Crippen LogP contribution in [0.15, 0.2) is 217 Å². The lowest BCUT2D eigenvalue weighted by atomic mass is 9.35. The number of aryl methyl sites for hydroxylation is 1. The Morgan fingerprint density at radius 1 is 0.413 bits per heavy atom. The Morgan fingerprint density at radius 2 is 1.05 bits per heavy atom. The van der Waals surface area contributed by atoms with E-state index in [1.807, 2.05) is 11.3 Å². The van der Waals surface area contributed by atoms with Gasteiger partial charge in [-0.3, -0.25) is 0 Å². The number of hydrogen-bond donors (Lipinski definition) is 0. The zero-order valence-corrected chi connectivity index (χ0v) is 35.4. The minimum Gasteiger partial charge on any atom is -0.457 e. The van der Waals surface area contributed by atoms with E-state index < -0.39 is 0 Å². The number of nitrogens with zero attached hydrogens (tertiary/aromatic N) is 1. The topological polar surface area (TPSA) is 16.4 Å². The summed E-state index contributed by atoms with van der Waals surface area (Å²) in [4.78, 5) is 2.53. The standard InChI is InChI=1S/C59H38BNOS/c1-37-15-5-9-23-48(37)60(50-24-13-21-44-42-19-7-11-27-54(42)62-58(44)50)49-35-31-39-30-34-47-52(36-32-40-29-33-46(49)56(39)57(40)47)61(51-25-10-6-18-41(51)38-16-3-2-4-17-38)53-26-14-22-45-43-20-8-12-28-55(43)63-59(45)53/h2-36H,1H3. The first-order valence-corrected chi connectivity index (χ1v) is 22.5. The summed E-state index contributed by atoms with van der Waals surface area (Å²) in [5.74, 6) is 0. The van der Waals surface area contributed by atoms with Crippen molar-refractivity contribution in [1.29, 1.82) is 0 Å². The second-order valence-corrected chi connectivity index (χ2v) is 17.8. The highest BCUT2D eigenvalue weighted by molar-refractivity contribution is 7.26. The SMILES string of the molecule is Cc1ccccc1B(c1ccc2ccc3c(N(c4ccccc4-c4ccccc4)c4cccc5c4sc4ccccc45)ccc4ccc1c2c43)c1cccc2c1oc1ccccc12. The molecule has 4 heteroatoms. The normalized spacial score (nSPS) is 11.9. The number of furan rings is 1. The van der Waals surface area contributed by atoms with Gasteiger partial charge in [0.1, 0.15) is 11.2 Å². The Kier molecular flexibility index (Phi) is 8.13. The predicted octanol–water partition coefficient (Wildman–Crippen LogP) is 14.8. The third kappa shape index (κ3) is 5.51. The summed E-state index contributed by atoms with van der Waals surface area (Å²) in [7, 11) is 0. The number of hydrogen-bond acceptors (Lipinski definition) is 3. The number of anilines is 3. The molecule has 0 atom stereocenters. The van der Waals surface area contributed by atoms with Gasteiger partial charge in [-0.05, 0) is 75.2 Å². The third-order valence-electron chi connectivity index (χ3n) is 13.3. The van der Waals surface area contributed by atoms with Crippen LogP contribution in [-0.4, -0.2) is 6.71 Å². The molecule has 0 bridgehead atoms. The highest BCUT2D eigenvalue weighted by atomic mass is 32.1. The number of benzene rings is 11. The third-order valence-corrected chi connectivity index (χ3v) is 14.5. The molecule has 0 saturated heterocycles. The summed E-state index contributed by atoms with van der Waals surface area (Å²) in [6.45, 7) is 2.17. The van der Waals surface area contributed by atoms with Crippen molar-refractivity contribution in [3.63, 3.8) is 0 Å². The summed E-state index contributed by atoms with van der Waals surface area (Å²) < 4.78 is 9.35. The molecular formula is C59H38BNOS.